The molecule has 0 amide bonds. The molecule has 6 heteroatoms. The van der Waals surface area contributed by atoms with E-state index in [1.807, 2.05) is 11.0 Å². The number of carboxylic acid groups (broad SMARTS) is 1. The number of carbonyl (C=O) groups is 1. The lowest BCUT2D eigenvalue weighted by Gasteiger charge is -2.15. The van der Waals surface area contributed by atoms with Gasteiger partial charge in [0.15, 0.2) is 0 Å². The van der Waals surface area contributed by atoms with Gasteiger partial charge in [-0.3, -0.25) is 0 Å². The Bertz CT molecular complexity index is 672. The number of rotatable bonds is 3. The molecule has 1 N–H and O–H groups in total. The summed E-state index contributed by atoms with van der Waals surface area (Å²) in [6, 6.07) is 6.86. The van der Waals surface area contributed by atoms with Crippen LogP contribution in [0.2, 0.25) is 0 Å². The molecule has 3 rings (SSSR count). The molecule has 6 nitrogen and oxygen atoms in total. The van der Waals surface area contributed by atoms with Crippen molar-refractivity contribution in [1.29, 1.82) is 0 Å². The lowest BCUT2D eigenvalue weighted by Crippen LogP contribution is -2.17. The van der Waals surface area contributed by atoms with Gasteiger partial charge in [0.25, 0.3) is 0 Å². The zero-order valence-electron chi connectivity index (χ0n) is 10.9. The molecule has 2 aromatic rings. The maximum absolute atomic E-state index is 11.0. The summed E-state index contributed by atoms with van der Waals surface area (Å²) in [5, 5.41) is 9.01. The number of fused-ring (bicyclic) bond motifs is 1. The van der Waals surface area contributed by atoms with Gasteiger partial charge in [0, 0.05) is 25.4 Å². The number of anilines is 1. The normalized spacial score (nSPS) is 13.2. The Labute approximate surface area is 115 Å². The van der Waals surface area contributed by atoms with Gasteiger partial charge >= 0.3 is 5.97 Å². The van der Waals surface area contributed by atoms with E-state index in [1.165, 1.54) is 0 Å². The molecule has 1 aromatic heterocycles. The van der Waals surface area contributed by atoms with Crippen LogP contribution < -0.4 is 9.64 Å². The third-order valence-corrected chi connectivity index (χ3v) is 3.28. The van der Waals surface area contributed by atoms with Crippen molar-refractivity contribution < 1.29 is 14.6 Å². The van der Waals surface area contributed by atoms with Crippen LogP contribution in [-0.2, 0) is 13.1 Å². The van der Waals surface area contributed by atoms with Gasteiger partial charge in [-0.25, -0.2) is 9.78 Å². The fourth-order valence-electron chi connectivity index (χ4n) is 2.27. The Morgan fingerprint density at radius 1 is 1.30 bits per heavy atom. The number of nitrogens with zero attached hydrogens (tertiary/aromatic N) is 3. The van der Waals surface area contributed by atoms with Crippen LogP contribution in [-0.4, -0.2) is 28.2 Å². The van der Waals surface area contributed by atoms with Crippen molar-refractivity contribution in [2.75, 3.05) is 12.0 Å². The summed E-state index contributed by atoms with van der Waals surface area (Å²) in [6.07, 6.45) is 1.65. The molecule has 0 unspecified atom stereocenters. The smallest absolute Gasteiger partial charge is 0.335 e. The monoisotopic (exact) mass is 271 g/mol. The van der Waals surface area contributed by atoms with E-state index in [1.54, 1.807) is 31.5 Å². The van der Waals surface area contributed by atoms with Crippen LogP contribution in [0.1, 0.15) is 21.5 Å². The number of methoxy groups -OCH3 is 1. The minimum atomic E-state index is -0.913. The Balaban J connectivity index is 1.87. The fraction of sp³-hybridized carbons (Fsp3) is 0.214. The number of hydrogen-bond acceptors (Lipinski definition) is 5. The maximum Gasteiger partial charge on any atom is 0.335 e. The zero-order chi connectivity index (χ0) is 14.1. The molecular formula is C14H13N3O3. The Hall–Kier alpha value is -2.63. The van der Waals surface area contributed by atoms with E-state index in [2.05, 4.69) is 9.97 Å². The second-order valence-electron chi connectivity index (χ2n) is 4.54. The van der Waals surface area contributed by atoms with Crippen LogP contribution in [0.5, 0.6) is 5.88 Å². The number of ether oxygens (including phenoxy) is 1. The van der Waals surface area contributed by atoms with Gasteiger partial charge in [0.2, 0.25) is 11.8 Å². The molecule has 0 bridgehead atoms. The minimum Gasteiger partial charge on any atom is -0.481 e. The van der Waals surface area contributed by atoms with Crippen molar-refractivity contribution >= 4 is 11.9 Å². The molecule has 20 heavy (non-hydrogen) atoms. The molecule has 0 fully saturated rings. The molecule has 102 valence electrons. The molecule has 0 saturated heterocycles. The predicted molar refractivity (Wildman–Crippen MR) is 71.9 cm³/mol. The summed E-state index contributed by atoms with van der Waals surface area (Å²) in [6.45, 7) is 1.27. The number of aromatic carboxylic acids is 1. The molecule has 0 saturated carbocycles. The number of hydrogen-bond donors (Lipinski definition) is 1. The summed E-state index contributed by atoms with van der Waals surface area (Å²) < 4.78 is 5.09. The standard InChI is InChI=1S/C14H13N3O3/c1-20-12-4-5-15-14(16-12)17-7-10-3-2-9(13(18)19)6-11(10)8-17/h2-6H,7-8H2,1H3,(H,18,19). The lowest BCUT2D eigenvalue weighted by molar-refractivity contribution is 0.0697. The van der Waals surface area contributed by atoms with E-state index >= 15 is 0 Å². The van der Waals surface area contributed by atoms with Gasteiger partial charge in [-0.1, -0.05) is 6.07 Å². The van der Waals surface area contributed by atoms with Crippen LogP contribution in [0.3, 0.4) is 0 Å². The van der Waals surface area contributed by atoms with Crippen LogP contribution in [0.25, 0.3) is 0 Å². The largest absolute Gasteiger partial charge is 0.481 e. The summed E-state index contributed by atoms with van der Waals surface area (Å²) in [5.41, 5.74) is 2.40. The van der Waals surface area contributed by atoms with Gasteiger partial charge in [-0.15, -0.1) is 0 Å². The molecule has 1 aliphatic heterocycles. The Kier molecular flexibility index (Phi) is 2.98. The highest BCUT2D eigenvalue weighted by Crippen LogP contribution is 2.27. The fourth-order valence-corrected chi connectivity index (χ4v) is 2.27. The van der Waals surface area contributed by atoms with E-state index in [9.17, 15) is 4.79 Å². The van der Waals surface area contributed by atoms with Gasteiger partial charge in [-0.2, -0.15) is 4.98 Å². The molecule has 2 heterocycles. The Morgan fingerprint density at radius 3 is 2.85 bits per heavy atom. The molecular weight excluding hydrogens is 258 g/mol. The van der Waals surface area contributed by atoms with Gasteiger partial charge in [0.1, 0.15) is 0 Å². The van der Waals surface area contributed by atoms with E-state index in [-0.39, 0.29) is 0 Å². The maximum atomic E-state index is 11.0. The highest BCUT2D eigenvalue weighted by molar-refractivity contribution is 5.88. The van der Waals surface area contributed by atoms with E-state index in [4.69, 9.17) is 9.84 Å². The second kappa shape index (κ2) is 4.80. The molecule has 1 aromatic carbocycles. The third kappa shape index (κ3) is 2.16. The average Bonchev–Trinajstić information content (AvgIpc) is 2.90. The molecule has 0 atom stereocenters. The number of carboxylic acids is 1. The quantitative estimate of drug-likeness (QED) is 0.915. The van der Waals surface area contributed by atoms with E-state index in [0.717, 1.165) is 11.1 Å². The van der Waals surface area contributed by atoms with Crippen molar-refractivity contribution in [1.82, 2.24) is 9.97 Å². The van der Waals surface area contributed by atoms with E-state index < -0.39 is 5.97 Å². The summed E-state index contributed by atoms with van der Waals surface area (Å²) in [7, 11) is 1.56. The molecule has 0 radical (unpaired) electrons. The summed E-state index contributed by atoms with van der Waals surface area (Å²) >= 11 is 0. The van der Waals surface area contributed by atoms with Crippen molar-refractivity contribution in [2.24, 2.45) is 0 Å². The van der Waals surface area contributed by atoms with Gasteiger partial charge in [-0.05, 0) is 23.3 Å². The molecule has 0 spiro atoms. The zero-order valence-corrected chi connectivity index (χ0v) is 10.9. The lowest BCUT2D eigenvalue weighted by atomic mass is 10.1. The van der Waals surface area contributed by atoms with Crippen LogP contribution in [0.15, 0.2) is 30.5 Å². The second-order valence-corrected chi connectivity index (χ2v) is 4.54. The SMILES string of the molecule is COc1ccnc(N2Cc3ccc(C(=O)O)cc3C2)n1. The van der Waals surface area contributed by atoms with Crippen molar-refractivity contribution in [3.05, 3.63) is 47.2 Å². The van der Waals surface area contributed by atoms with Gasteiger partial charge < -0.3 is 14.7 Å². The number of benzene rings is 1. The molecule has 1 aliphatic rings. The van der Waals surface area contributed by atoms with Crippen LogP contribution in [0, 0.1) is 0 Å². The van der Waals surface area contributed by atoms with Crippen molar-refractivity contribution in [3.63, 3.8) is 0 Å². The van der Waals surface area contributed by atoms with E-state index in [0.29, 0.717) is 30.5 Å². The number of aromatic nitrogens is 2. The summed E-state index contributed by atoms with van der Waals surface area (Å²) in [4.78, 5) is 21.5. The van der Waals surface area contributed by atoms with Crippen molar-refractivity contribution in [3.8, 4) is 5.88 Å². The topological polar surface area (TPSA) is 75.5 Å². The third-order valence-electron chi connectivity index (χ3n) is 3.28. The Morgan fingerprint density at radius 2 is 2.10 bits per heavy atom. The first kappa shape index (κ1) is 12.4. The van der Waals surface area contributed by atoms with Crippen molar-refractivity contribution in [2.45, 2.75) is 13.1 Å². The first-order valence-corrected chi connectivity index (χ1v) is 6.14. The highest BCUT2D eigenvalue weighted by Gasteiger charge is 2.22. The average molecular weight is 271 g/mol. The summed E-state index contributed by atoms with van der Waals surface area (Å²) in [5.74, 6) is 0.179. The van der Waals surface area contributed by atoms with Crippen LogP contribution >= 0.6 is 0 Å². The first-order valence-electron chi connectivity index (χ1n) is 6.14. The minimum absolute atomic E-state index is 0.303. The molecule has 0 aliphatic carbocycles. The van der Waals surface area contributed by atoms with Gasteiger partial charge in [0.05, 0.1) is 12.7 Å². The van der Waals surface area contributed by atoms with Crippen LogP contribution in [0.4, 0.5) is 5.95 Å². The highest BCUT2D eigenvalue weighted by atomic mass is 16.5. The first-order chi connectivity index (χ1) is 9.67. The predicted octanol–water partition coefficient (Wildman–Crippen LogP) is 1.70.